The van der Waals surface area contributed by atoms with Crippen molar-refractivity contribution in [1.29, 1.82) is 0 Å². The van der Waals surface area contributed by atoms with Gasteiger partial charge in [-0.2, -0.15) is 0 Å². The maximum absolute atomic E-state index is 9.74. The molecule has 0 saturated carbocycles. The van der Waals surface area contributed by atoms with Gasteiger partial charge in [0.1, 0.15) is 24.4 Å². The number of hydrogen-bond donors (Lipinski definition) is 1. The van der Waals surface area contributed by atoms with Crippen molar-refractivity contribution < 1.29 is 27.9 Å². The highest BCUT2D eigenvalue weighted by molar-refractivity contribution is 14.1. The van der Waals surface area contributed by atoms with Gasteiger partial charge < -0.3 is 27.9 Å². The topological polar surface area (TPSA) is 66.4 Å². The van der Waals surface area contributed by atoms with Gasteiger partial charge in [0.05, 0.1) is 18.3 Å². The lowest BCUT2D eigenvalue weighted by Crippen LogP contribution is -2.69. The quantitative estimate of drug-likeness (QED) is 0.178. The van der Waals surface area contributed by atoms with Crippen LogP contribution in [0.15, 0.2) is 10.2 Å². The van der Waals surface area contributed by atoms with Crippen molar-refractivity contribution >= 4 is 47.5 Å². The molecule has 2 aliphatic heterocycles. The van der Waals surface area contributed by atoms with Crippen LogP contribution in [-0.2, 0) is 22.8 Å². The van der Waals surface area contributed by atoms with Gasteiger partial charge in [0.15, 0.2) is 25.0 Å². The molecule has 0 aromatic rings. The molecule has 1 N–H and O–H groups in total. The van der Waals surface area contributed by atoms with Crippen LogP contribution in [0.1, 0.15) is 81.6 Å². The first kappa shape index (κ1) is 38.1. The molecule has 0 aromatic carbocycles. The van der Waals surface area contributed by atoms with E-state index in [1.807, 2.05) is 0 Å². The van der Waals surface area contributed by atoms with Gasteiger partial charge in [0, 0.05) is 6.61 Å². The first-order valence-corrected chi connectivity index (χ1v) is 25.6. The maximum atomic E-state index is 9.74. The van der Waals surface area contributed by atoms with Crippen LogP contribution in [0, 0.1) is 0 Å². The molecule has 0 bridgehead atoms. The fourth-order valence-electron chi connectivity index (χ4n) is 4.71. The van der Waals surface area contributed by atoms with Crippen LogP contribution < -0.4 is 0 Å². The van der Waals surface area contributed by atoms with Gasteiger partial charge in [0.25, 0.3) is 0 Å². The maximum Gasteiger partial charge on any atom is 0.193 e. The van der Waals surface area contributed by atoms with Crippen molar-refractivity contribution in [3.05, 3.63) is 10.2 Å². The smallest absolute Gasteiger partial charge is 0.193 e. The van der Waals surface area contributed by atoms with Crippen LogP contribution >= 0.6 is 22.6 Å². The molecule has 2 heterocycles. The largest absolute Gasteiger partial charge is 0.408 e. The molecular formula is C31H63IO6Si3. The molecule has 0 aromatic heterocycles. The Morgan fingerprint density at radius 1 is 0.780 bits per heavy atom. The van der Waals surface area contributed by atoms with Crippen molar-refractivity contribution in [1.82, 2.24) is 0 Å². The zero-order chi connectivity index (χ0) is 31.8. The minimum absolute atomic E-state index is 0.00560. The number of halogens is 1. The number of ether oxygens (including phenoxy) is 2. The second-order valence-electron chi connectivity index (χ2n) is 16.8. The van der Waals surface area contributed by atoms with Gasteiger partial charge >= 0.3 is 0 Å². The van der Waals surface area contributed by atoms with Gasteiger partial charge in [0.2, 0.25) is 0 Å². The Morgan fingerprint density at radius 3 is 1.71 bits per heavy atom. The molecule has 0 radical (unpaired) electrons. The minimum atomic E-state index is -2.26. The van der Waals surface area contributed by atoms with E-state index in [2.05, 4.69) is 134 Å². The highest BCUT2D eigenvalue weighted by atomic mass is 127. The summed E-state index contributed by atoms with van der Waals surface area (Å²) >= 11 is 2.30. The summed E-state index contributed by atoms with van der Waals surface area (Å²) in [5.74, 6) is 0. The van der Waals surface area contributed by atoms with Crippen LogP contribution in [0.25, 0.3) is 0 Å². The first-order chi connectivity index (χ1) is 18.4. The Bertz CT molecular complexity index is 875. The molecule has 41 heavy (non-hydrogen) atoms. The van der Waals surface area contributed by atoms with Crippen molar-refractivity contribution in [2.45, 2.75) is 179 Å². The molecule has 0 spiro atoms. The molecule has 2 aliphatic rings. The summed E-state index contributed by atoms with van der Waals surface area (Å²) < 4.78 is 37.8. The normalized spacial score (nSPS) is 30.0. The summed E-state index contributed by atoms with van der Waals surface area (Å²) in [5, 5.41) is 9.83. The van der Waals surface area contributed by atoms with Gasteiger partial charge in [-0.25, -0.2) is 0 Å². The lowest BCUT2D eigenvalue weighted by atomic mass is 9.87. The molecule has 5 unspecified atom stereocenters. The van der Waals surface area contributed by atoms with Gasteiger partial charge in [-0.1, -0.05) is 84.9 Å². The predicted octanol–water partition coefficient (Wildman–Crippen LogP) is 8.80. The summed E-state index contributed by atoms with van der Waals surface area (Å²) in [6.45, 7) is 34.6. The van der Waals surface area contributed by atoms with E-state index >= 15 is 0 Å². The van der Waals surface area contributed by atoms with E-state index < -0.39 is 25.0 Å². The van der Waals surface area contributed by atoms with E-state index in [0.29, 0.717) is 6.42 Å². The zero-order valence-corrected chi connectivity index (χ0v) is 34.0. The van der Waals surface area contributed by atoms with E-state index in [9.17, 15) is 5.11 Å². The lowest BCUT2D eigenvalue weighted by molar-refractivity contribution is -0.267. The Morgan fingerprint density at radius 2 is 1.27 bits per heavy atom. The molecular weight excluding hydrogens is 679 g/mol. The fourth-order valence-corrected chi connectivity index (χ4v) is 8.97. The number of rotatable bonds is 10. The molecule has 0 amide bonds. The monoisotopic (exact) mass is 742 g/mol. The molecule has 2 saturated heterocycles. The average molecular weight is 743 g/mol. The van der Waals surface area contributed by atoms with Crippen molar-refractivity contribution in [3.8, 4) is 0 Å². The van der Waals surface area contributed by atoms with Crippen LogP contribution in [0.3, 0.4) is 0 Å². The third kappa shape index (κ3) is 9.22. The molecule has 10 heteroatoms. The summed E-state index contributed by atoms with van der Waals surface area (Å²) in [4.78, 5) is 0. The molecule has 2 fully saturated rings. The van der Waals surface area contributed by atoms with Crippen LogP contribution in [0.5, 0.6) is 0 Å². The lowest BCUT2D eigenvalue weighted by Gasteiger charge is -2.56. The van der Waals surface area contributed by atoms with E-state index in [4.69, 9.17) is 22.8 Å². The Kier molecular flexibility index (Phi) is 12.7. The Balaban J connectivity index is 2.72. The molecule has 242 valence electrons. The molecule has 2 rings (SSSR count). The predicted molar refractivity (Wildman–Crippen MR) is 188 cm³/mol. The van der Waals surface area contributed by atoms with Crippen molar-refractivity contribution in [2.75, 3.05) is 6.61 Å². The van der Waals surface area contributed by atoms with Crippen LogP contribution in [0.4, 0.5) is 0 Å². The highest BCUT2D eigenvalue weighted by Gasteiger charge is 2.57. The minimum Gasteiger partial charge on any atom is -0.408 e. The van der Waals surface area contributed by atoms with Crippen LogP contribution in [0.2, 0.25) is 54.4 Å². The number of fused-ring (bicyclic) bond motifs is 1. The molecule has 7 atom stereocenters. The summed E-state index contributed by atoms with van der Waals surface area (Å²) in [6.07, 6.45) is 2.94. The van der Waals surface area contributed by atoms with Crippen molar-refractivity contribution in [2.24, 2.45) is 0 Å². The number of aliphatic hydroxyl groups excluding tert-OH is 1. The Hall–Kier alpha value is 0.881. The van der Waals surface area contributed by atoms with E-state index in [0.717, 1.165) is 12.8 Å². The second kappa shape index (κ2) is 13.7. The third-order valence-corrected chi connectivity index (χ3v) is 24.4. The van der Waals surface area contributed by atoms with E-state index in [1.54, 1.807) is 0 Å². The third-order valence-electron chi connectivity index (χ3n) is 10.5. The summed E-state index contributed by atoms with van der Waals surface area (Å²) in [6, 6.07) is 0. The van der Waals surface area contributed by atoms with E-state index in [1.165, 1.54) is 0 Å². The summed E-state index contributed by atoms with van der Waals surface area (Å²) in [7, 11) is -6.64. The number of hydrogen-bond acceptors (Lipinski definition) is 6. The Labute approximate surface area is 269 Å². The summed E-state index contributed by atoms with van der Waals surface area (Å²) in [5.41, 5.74) is 0. The van der Waals surface area contributed by atoms with Gasteiger partial charge in [-0.3, -0.25) is 0 Å². The van der Waals surface area contributed by atoms with Gasteiger partial charge in [-0.15, -0.1) is 0 Å². The van der Waals surface area contributed by atoms with Crippen LogP contribution in [-0.4, -0.2) is 79.4 Å². The standard InChI is InChI=1S/C31H63IO6Si3/c1-29(2,3)39(10,11)36-24(18-20-32)26-28(38-41(14,15)31(7,8)9)27(37-40(12,13)30(4,5)6)25-23(35-26)17-16-22(34-25)19-21-33/h18,20,22-28,33H,16-17,19,21H2,1-15H3/b20-18+/t22?,23?,24?,25-,26-,27?,28?/m0/s1. The van der Waals surface area contributed by atoms with Gasteiger partial charge in [-0.05, 0) is 83.8 Å². The molecule has 6 nitrogen and oxygen atoms in total. The van der Waals surface area contributed by atoms with E-state index in [-0.39, 0.29) is 64.4 Å². The van der Waals surface area contributed by atoms with Crippen molar-refractivity contribution in [3.63, 3.8) is 0 Å². The zero-order valence-electron chi connectivity index (χ0n) is 28.9. The molecule has 0 aliphatic carbocycles. The average Bonchev–Trinajstić information content (AvgIpc) is 2.78. The number of aliphatic hydroxyl groups is 1. The highest BCUT2D eigenvalue weighted by Crippen LogP contribution is 2.47. The fraction of sp³-hybridized carbons (Fsp3) is 0.935. The SMILES string of the molecule is CC(C)(C)[Si](C)(C)OC(/C=C/I)[C@@H]1OC2CCC(CCO)O[C@@H]2C(O[Si](C)(C)C(C)(C)C)C1O[Si](C)(C)C(C)(C)C. The second-order valence-corrected chi connectivity index (χ2v) is 31.8. The first-order valence-electron chi connectivity index (χ1n) is 15.6.